The van der Waals surface area contributed by atoms with Gasteiger partial charge in [-0.3, -0.25) is 0 Å². The van der Waals surface area contributed by atoms with Gasteiger partial charge in [0.15, 0.2) is 6.67 Å². The van der Waals surface area contributed by atoms with Gasteiger partial charge in [0.1, 0.15) is 0 Å². The third kappa shape index (κ3) is 5.69. The van der Waals surface area contributed by atoms with E-state index in [4.69, 9.17) is 0 Å². The van der Waals surface area contributed by atoms with Gasteiger partial charge in [0.05, 0.1) is 6.61 Å². The van der Waals surface area contributed by atoms with E-state index >= 15 is 0 Å². The summed E-state index contributed by atoms with van der Waals surface area (Å²) in [6.45, 7) is 0.865. The number of carbonyl (C=O) groups excluding carboxylic acids is 1. The number of ether oxygens (including phenoxy) is 1. The lowest BCUT2D eigenvalue weighted by Crippen LogP contribution is -2.04. The van der Waals surface area contributed by atoms with E-state index in [0.717, 1.165) is 0 Å². The van der Waals surface area contributed by atoms with Gasteiger partial charge < -0.3 is 4.74 Å². The molecule has 0 aromatic heterocycles. The Morgan fingerprint density at radius 1 is 1.75 bits per heavy atom. The first-order valence-electron chi connectivity index (χ1n) is 2.02. The van der Waals surface area contributed by atoms with E-state index in [1.807, 2.05) is 0 Å². The molecule has 0 heterocycles. The maximum absolute atomic E-state index is 11.1. The smallest absolute Gasteiger partial charge is 0.337 e. The van der Waals surface area contributed by atoms with E-state index in [1.165, 1.54) is 0 Å². The fourth-order valence-corrected chi connectivity index (χ4v) is 0.200. The first-order valence-corrected chi connectivity index (χ1v) is 2.02. The molecule has 50 valence electrons. The molecule has 4 heteroatoms. The average Bonchev–Trinajstić information content (AvgIpc) is 1.68. The lowest BCUT2D eigenvalue weighted by Gasteiger charge is -1.92. The Balaban J connectivity index is 0. The first-order chi connectivity index (χ1) is 3.31. The molecule has 0 aliphatic heterocycles. The summed E-state index contributed by atoms with van der Waals surface area (Å²) in [5.41, 5.74) is 0. The number of rotatable bonds is 2. The van der Waals surface area contributed by atoms with Crippen LogP contribution in [0.2, 0.25) is 0 Å². The highest BCUT2D eigenvalue weighted by molar-refractivity contribution is 5.85. The molecule has 0 aromatic carbocycles. The highest BCUT2D eigenvalue weighted by Crippen LogP contribution is 1.75. The quantitative estimate of drug-likeness (QED) is 0.537. The molecule has 0 N–H and O–H groups in total. The molecule has 0 rings (SSSR count). The molecule has 0 saturated carbocycles. The fraction of sp³-hybridized carbons (Fsp3) is 0.750. The van der Waals surface area contributed by atoms with Crippen molar-refractivity contribution in [3.05, 3.63) is 0 Å². The number of hydrogen-bond acceptors (Lipinski definition) is 2. The Morgan fingerprint density at radius 3 is 2.38 bits per heavy atom. The Bertz CT molecular complexity index is 67.1. The van der Waals surface area contributed by atoms with E-state index in [9.17, 15) is 9.18 Å². The van der Waals surface area contributed by atoms with Crippen molar-refractivity contribution in [3.8, 4) is 0 Å². The molecule has 0 aromatic rings. The normalized spacial score (nSPS) is 7.25. The Morgan fingerprint density at radius 2 is 2.25 bits per heavy atom. The molecule has 0 saturated heterocycles. The van der Waals surface area contributed by atoms with Crippen LogP contribution < -0.4 is 0 Å². The largest absolute Gasteiger partial charge is 0.464 e. The molecule has 0 aliphatic rings. The number of carbonyl (C=O) groups is 1. The van der Waals surface area contributed by atoms with Crippen molar-refractivity contribution in [2.45, 2.75) is 6.92 Å². The van der Waals surface area contributed by atoms with Crippen LogP contribution in [-0.4, -0.2) is 19.3 Å². The predicted molar refractivity (Wildman–Crippen MR) is 29.9 cm³/mol. The molecule has 0 aliphatic carbocycles. The second-order valence-corrected chi connectivity index (χ2v) is 0.939. The summed E-state index contributed by atoms with van der Waals surface area (Å²) in [4.78, 5) is 9.81. The summed E-state index contributed by atoms with van der Waals surface area (Å²) in [6.07, 6.45) is 0. The molecule has 0 unspecified atom stereocenters. The van der Waals surface area contributed by atoms with Crippen LogP contribution in [0.25, 0.3) is 0 Å². The Labute approximate surface area is 53.4 Å². The second-order valence-electron chi connectivity index (χ2n) is 0.939. The standard InChI is InChI=1S/C4H7FO2.ClH/c1-2-7-4(6)3-5;/h2-3H2,1H3;1H. The lowest BCUT2D eigenvalue weighted by atomic mass is 10.7. The van der Waals surface area contributed by atoms with Gasteiger partial charge >= 0.3 is 5.97 Å². The molecule has 0 fully saturated rings. The summed E-state index contributed by atoms with van der Waals surface area (Å²) in [5, 5.41) is 0. The molecule has 0 radical (unpaired) electrons. The summed E-state index contributed by atoms with van der Waals surface area (Å²) in [5.74, 6) is -0.789. The van der Waals surface area contributed by atoms with Gasteiger partial charge in [-0.2, -0.15) is 0 Å². The maximum atomic E-state index is 11.1. The van der Waals surface area contributed by atoms with Gasteiger partial charge in [-0.25, -0.2) is 9.18 Å². The van der Waals surface area contributed by atoms with E-state index in [1.54, 1.807) is 6.92 Å². The van der Waals surface area contributed by atoms with Crippen LogP contribution in [0.3, 0.4) is 0 Å². The van der Waals surface area contributed by atoms with Crippen LogP contribution in [0.1, 0.15) is 6.92 Å². The molecular weight excluding hydrogens is 134 g/mol. The van der Waals surface area contributed by atoms with Gasteiger partial charge in [-0.1, -0.05) is 0 Å². The van der Waals surface area contributed by atoms with Gasteiger partial charge in [-0.15, -0.1) is 12.4 Å². The topological polar surface area (TPSA) is 26.3 Å². The number of alkyl halides is 1. The van der Waals surface area contributed by atoms with Crippen molar-refractivity contribution < 1.29 is 13.9 Å². The molecular formula is C4H8ClFO2. The van der Waals surface area contributed by atoms with Crippen molar-refractivity contribution in [1.82, 2.24) is 0 Å². The van der Waals surface area contributed by atoms with Crippen LogP contribution in [0.5, 0.6) is 0 Å². The third-order valence-corrected chi connectivity index (χ3v) is 0.414. The zero-order valence-corrected chi connectivity index (χ0v) is 5.33. The van der Waals surface area contributed by atoms with E-state index in [-0.39, 0.29) is 19.0 Å². The van der Waals surface area contributed by atoms with Crippen LogP contribution in [0.4, 0.5) is 4.39 Å². The van der Waals surface area contributed by atoms with Gasteiger partial charge in [-0.05, 0) is 6.92 Å². The third-order valence-electron chi connectivity index (χ3n) is 0.414. The highest BCUT2D eigenvalue weighted by atomic mass is 35.5. The minimum atomic E-state index is -1.02. The van der Waals surface area contributed by atoms with Crippen molar-refractivity contribution in [1.29, 1.82) is 0 Å². The maximum Gasteiger partial charge on any atom is 0.337 e. The summed E-state index contributed by atoms with van der Waals surface area (Å²) >= 11 is 0. The molecule has 0 amide bonds. The molecule has 8 heavy (non-hydrogen) atoms. The molecule has 0 bridgehead atoms. The van der Waals surface area contributed by atoms with Gasteiger partial charge in [0.2, 0.25) is 0 Å². The van der Waals surface area contributed by atoms with E-state index in [2.05, 4.69) is 4.74 Å². The minimum absolute atomic E-state index is 0. The Kier molecular flexibility index (Phi) is 8.89. The minimum Gasteiger partial charge on any atom is -0.464 e. The van der Waals surface area contributed by atoms with Crippen LogP contribution >= 0.6 is 12.4 Å². The fourth-order valence-electron chi connectivity index (χ4n) is 0.200. The molecule has 0 atom stereocenters. The number of hydrogen-bond donors (Lipinski definition) is 0. The van der Waals surface area contributed by atoms with Crippen molar-refractivity contribution >= 4 is 18.4 Å². The molecule has 2 nitrogen and oxygen atoms in total. The van der Waals surface area contributed by atoms with Crippen molar-refractivity contribution in [2.75, 3.05) is 13.3 Å². The zero-order valence-electron chi connectivity index (χ0n) is 4.52. The van der Waals surface area contributed by atoms with Crippen LogP contribution in [-0.2, 0) is 9.53 Å². The SMILES string of the molecule is CCOC(=O)CF.Cl. The van der Waals surface area contributed by atoms with Gasteiger partial charge in [0.25, 0.3) is 0 Å². The van der Waals surface area contributed by atoms with Crippen molar-refractivity contribution in [3.63, 3.8) is 0 Å². The monoisotopic (exact) mass is 142 g/mol. The zero-order chi connectivity index (χ0) is 5.70. The second kappa shape index (κ2) is 6.69. The first kappa shape index (κ1) is 10.6. The molecule has 0 spiro atoms. The number of halogens is 2. The van der Waals surface area contributed by atoms with Crippen molar-refractivity contribution in [2.24, 2.45) is 0 Å². The number of esters is 1. The summed E-state index contributed by atoms with van der Waals surface area (Å²) < 4.78 is 15.3. The summed E-state index contributed by atoms with van der Waals surface area (Å²) in [6, 6.07) is 0. The summed E-state index contributed by atoms with van der Waals surface area (Å²) in [7, 11) is 0. The lowest BCUT2D eigenvalue weighted by molar-refractivity contribution is -0.144. The predicted octanol–water partition coefficient (Wildman–Crippen LogP) is 0.941. The highest BCUT2D eigenvalue weighted by Gasteiger charge is 1.94. The van der Waals surface area contributed by atoms with Crippen LogP contribution in [0.15, 0.2) is 0 Å². The Hall–Kier alpha value is -0.310. The average molecular weight is 143 g/mol. The van der Waals surface area contributed by atoms with E-state index in [0.29, 0.717) is 0 Å². The van der Waals surface area contributed by atoms with E-state index < -0.39 is 12.6 Å². The van der Waals surface area contributed by atoms with Crippen LogP contribution in [0, 0.1) is 0 Å². The van der Waals surface area contributed by atoms with Gasteiger partial charge in [0, 0.05) is 0 Å².